The van der Waals surface area contributed by atoms with Crippen LogP contribution in [0.2, 0.25) is 0 Å². The van der Waals surface area contributed by atoms with E-state index >= 15 is 0 Å². The molecule has 0 unspecified atom stereocenters. The van der Waals surface area contributed by atoms with Crippen LogP contribution >= 0.6 is 0 Å². The van der Waals surface area contributed by atoms with E-state index in [4.69, 9.17) is 14.2 Å². The van der Waals surface area contributed by atoms with Crippen molar-refractivity contribution in [3.05, 3.63) is 60.7 Å². The highest BCUT2D eigenvalue weighted by atomic mass is 19.3. The summed E-state index contributed by atoms with van der Waals surface area (Å²) in [7, 11) is 3.07. The molecule has 0 aliphatic heterocycles. The van der Waals surface area contributed by atoms with Crippen LogP contribution in [0, 0.1) is 0 Å². The first-order chi connectivity index (χ1) is 16.0. The summed E-state index contributed by atoms with van der Waals surface area (Å²) >= 11 is 0. The molecule has 2 aromatic heterocycles. The molecule has 0 fully saturated rings. The van der Waals surface area contributed by atoms with Crippen LogP contribution < -0.4 is 19.5 Å². The van der Waals surface area contributed by atoms with Gasteiger partial charge in [-0.3, -0.25) is 4.79 Å². The number of nitrogens with one attached hydrogen (secondary N) is 1. The van der Waals surface area contributed by atoms with Crippen molar-refractivity contribution in [2.75, 3.05) is 19.5 Å². The van der Waals surface area contributed by atoms with Crippen LogP contribution in [-0.4, -0.2) is 39.9 Å². The number of hydrogen-bond donors (Lipinski definition) is 1. The Bertz CT molecular complexity index is 1280. The minimum atomic E-state index is -2.75. The molecular weight excluding hydrogens is 436 g/mol. The number of ether oxygens (including phenoxy) is 3. The highest BCUT2D eigenvalue weighted by molar-refractivity contribution is 5.92. The first kappa shape index (κ1) is 21.9. The molecule has 0 saturated carbocycles. The molecule has 2 heterocycles. The maximum atomic E-state index is 12.6. The van der Waals surface area contributed by atoms with Crippen LogP contribution in [0.5, 0.6) is 23.1 Å². The van der Waals surface area contributed by atoms with E-state index in [1.54, 1.807) is 43.5 Å². The van der Waals surface area contributed by atoms with Crippen LogP contribution in [-0.2, 0) is 11.2 Å². The van der Waals surface area contributed by atoms with Crippen LogP contribution in [0.1, 0.15) is 12.1 Å². The number of rotatable bonds is 8. The molecule has 11 heteroatoms. The Morgan fingerprint density at radius 1 is 1.09 bits per heavy atom. The van der Waals surface area contributed by atoms with E-state index in [2.05, 4.69) is 20.4 Å². The molecule has 4 rings (SSSR count). The Morgan fingerprint density at radius 3 is 2.48 bits per heavy atom. The van der Waals surface area contributed by atoms with Gasteiger partial charge in [-0.2, -0.15) is 13.9 Å². The molecule has 170 valence electrons. The highest BCUT2D eigenvalue weighted by Crippen LogP contribution is 2.35. The van der Waals surface area contributed by atoms with Gasteiger partial charge >= 0.3 is 6.55 Å². The second kappa shape index (κ2) is 9.47. The summed E-state index contributed by atoms with van der Waals surface area (Å²) in [6.07, 6.45) is 3.68. The zero-order valence-electron chi connectivity index (χ0n) is 17.7. The van der Waals surface area contributed by atoms with E-state index < -0.39 is 6.55 Å². The largest absolute Gasteiger partial charge is 0.493 e. The molecule has 1 N–H and O–H groups in total. The number of carbonyl (C=O) groups excluding carboxylic acids is 1. The SMILES string of the molecule is COc1cc2ncnc(Oc3ccc(NC(=O)Cc4cnn(C(F)F)c4)cc3)c2cc1OC. The van der Waals surface area contributed by atoms with E-state index in [1.165, 1.54) is 19.6 Å². The Morgan fingerprint density at radius 2 is 1.82 bits per heavy atom. The Balaban J connectivity index is 1.45. The molecule has 0 spiro atoms. The van der Waals surface area contributed by atoms with E-state index in [1.807, 2.05) is 0 Å². The topological polar surface area (TPSA) is 100 Å². The molecule has 0 aliphatic carbocycles. The van der Waals surface area contributed by atoms with Gasteiger partial charge in [-0.1, -0.05) is 0 Å². The van der Waals surface area contributed by atoms with E-state index in [-0.39, 0.29) is 12.3 Å². The molecule has 0 bridgehead atoms. The first-order valence-corrected chi connectivity index (χ1v) is 9.72. The number of alkyl halides is 2. The number of aromatic nitrogens is 4. The minimum Gasteiger partial charge on any atom is -0.493 e. The van der Waals surface area contributed by atoms with E-state index in [0.29, 0.717) is 50.0 Å². The number of benzene rings is 2. The van der Waals surface area contributed by atoms with Gasteiger partial charge in [0.05, 0.1) is 37.7 Å². The number of fused-ring (bicyclic) bond motifs is 1. The number of methoxy groups -OCH3 is 2. The summed E-state index contributed by atoms with van der Waals surface area (Å²) in [5.41, 5.74) is 1.53. The summed E-state index contributed by atoms with van der Waals surface area (Å²) in [6.45, 7) is -2.75. The third-order valence-electron chi connectivity index (χ3n) is 4.68. The van der Waals surface area contributed by atoms with Gasteiger partial charge in [-0.15, -0.1) is 0 Å². The van der Waals surface area contributed by atoms with E-state index in [0.717, 1.165) is 6.20 Å². The second-order valence-corrected chi connectivity index (χ2v) is 6.86. The van der Waals surface area contributed by atoms with Gasteiger partial charge in [0.15, 0.2) is 11.5 Å². The van der Waals surface area contributed by atoms with Crippen LogP contribution in [0.15, 0.2) is 55.1 Å². The van der Waals surface area contributed by atoms with Crippen molar-refractivity contribution in [3.63, 3.8) is 0 Å². The Kier molecular flexibility index (Phi) is 6.29. The summed E-state index contributed by atoms with van der Waals surface area (Å²) in [5, 5.41) is 6.85. The summed E-state index contributed by atoms with van der Waals surface area (Å²) in [6, 6.07) is 10.1. The third-order valence-corrected chi connectivity index (χ3v) is 4.68. The molecule has 9 nitrogen and oxygen atoms in total. The quantitative estimate of drug-likeness (QED) is 0.425. The first-order valence-electron chi connectivity index (χ1n) is 9.72. The lowest BCUT2D eigenvalue weighted by Crippen LogP contribution is -2.14. The summed E-state index contributed by atoms with van der Waals surface area (Å²) < 4.78 is 42.2. The van der Waals surface area contributed by atoms with Gasteiger partial charge in [0.2, 0.25) is 11.8 Å². The Labute approximate surface area is 186 Å². The Hall–Kier alpha value is -4.28. The van der Waals surface area contributed by atoms with Crippen molar-refractivity contribution < 1.29 is 27.8 Å². The molecule has 0 aliphatic rings. The molecule has 33 heavy (non-hydrogen) atoms. The smallest absolute Gasteiger partial charge is 0.333 e. The van der Waals surface area contributed by atoms with Crippen molar-refractivity contribution in [1.82, 2.24) is 19.7 Å². The highest BCUT2D eigenvalue weighted by Gasteiger charge is 2.13. The fourth-order valence-corrected chi connectivity index (χ4v) is 3.12. The van der Waals surface area contributed by atoms with Gasteiger partial charge < -0.3 is 19.5 Å². The molecule has 2 aromatic carbocycles. The zero-order valence-corrected chi connectivity index (χ0v) is 17.7. The van der Waals surface area contributed by atoms with Gasteiger partial charge in [-0.05, 0) is 35.9 Å². The van der Waals surface area contributed by atoms with Crippen LogP contribution in [0.25, 0.3) is 10.9 Å². The number of hydrogen-bond acceptors (Lipinski definition) is 7. The van der Waals surface area contributed by atoms with Gasteiger partial charge in [-0.25, -0.2) is 14.6 Å². The number of carbonyl (C=O) groups is 1. The molecule has 0 saturated heterocycles. The average molecular weight is 455 g/mol. The van der Waals surface area contributed by atoms with Crippen molar-refractivity contribution in [2.24, 2.45) is 0 Å². The fourth-order valence-electron chi connectivity index (χ4n) is 3.12. The van der Waals surface area contributed by atoms with Crippen LogP contribution in [0.3, 0.4) is 0 Å². The predicted molar refractivity (Wildman–Crippen MR) is 115 cm³/mol. The normalized spacial score (nSPS) is 10.9. The monoisotopic (exact) mass is 455 g/mol. The maximum Gasteiger partial charge on any atom is 0.333 e. The third kappa shape index (κ3) is 4.97. The maximum absolute atomic E-state index is 12.6. The van der Waals surface area contributed by atoms with Gasteiger partial charge in [0.25, 0.3) is 0 Å². The van der Waals surface area contributed by atoms with Crippen molar-refractivity contribution in [1.29, 1.82) is 0 Å². The second-order valence-electron chi connectivity index (χ2n) is 6.86. The number of amides is 1. The molecule has 0 atom stereocenters. The fraction of sp³-hybridized carbons (Fsp3) is 0.182. The average Bonchev–Trinajstić information content (AvgIpc) is 3.28. The lowest BCUT2D eigenvalue weighted by atomic mass is 10.2. The lowest BCUT2D eigenvalue weighted by molar-refractivity contribution is -0.115. The minimum absolute atomic E-state index is 0.0802. The number of nitrogens with zero attached hydrogens (tertiary/aromatic N) is 4. The molecule has 0 radical (unpaired) electrons. The van der Waals surface area contributed by atoms with Crippen molar-refractivity contribution in [3.8, 4) is 23.1 Å². The molecule has 1 amide bonds. The molecular formula is C22H19F2N5O4. The predicted octanol–water partition coefficient (Wildman–Crippen LogP) is 4.21. The van der Waals surface area contributed by atoms with Crippen molar-refractivity contribution >= 4 is 22.5 Å². The summed E-state index contributed by atoms with van der Waals surface area (Å²) in [4.78, 5) is 20.6. The number of anilines is 1. The number of halogens is 2. The van der Waals surface area contributed by atoms with Gasteiger partial charge in [0.1, 0.15) is 12.1 Å². The van der Waals surface area contributed by atoms with E-state index in [9.17, 15) is 13.6 Å². The lowest BCUT2D eigenvalue weighted by Gasteiger charge is -2.12. The summed E-state index contributed by atoms with van der Waals surface area (Å²) in [5.74, 6) is 1.51. The van der Waals surface area contributed by atoms with Crippen LogP contribution in [0.4, 0.5) is 14.5 Å². The molecule has 4 aromatic rings. The van der Waals surface area contributed by atoms with Gasteiger partial charge in [0, 0.05) is 18.0 Å². The van der Waals surface area contributed by atoms with Crippen molar-refractivity contribution in [2.45, 2.75) is 13.0 Å². The standard InChI is InChI=1S/C22H19F2N5O4/c1-31-18-8-16-17(9-19(18)32-2)25-12-26-21(16)33-15-5-3-14(4-6-15)28-20(30)7-13-10-27-29(11-13)22(23)24/h3-6,8-12,22H,7H2,1-2H3,(H,28,30). The zero-order chi connectivity index (χ0) is 23.4.